The second kappa shape index (κ2) is 5.77. The summed E-state index contributed by atoms with van der Waals surface area (Å²) in [7, 11) is -3.09. The maximum absolute atomic E-state index is 11.3. The van der Waals surface area contributed by atoms with Crippen LogP contribution in [-0.4, -0.2) is 37.2 Å². The van der Waals surface area contributed by atoms with Crippen LogP contribution in [0, 0.1) is 13.8 Å². The predicted octanol–water partition coefficient (Wildman–Crippen LogP) is 1.49. The largest absolute Gasteiger partial charge is 0.313 e. The first-order valence-corrected chi connectivity index (χ1v) is 9.07. The van der Waals surface area contributed by atoms with Crippen molar-refractivity contribution in [3.63, 3.8) is 0 Å². The van der Waals surface area contributed by atoms with Gasteiger partial charge in [-0.1, -0.05) is 6.92 Å². The fourth-order valence-electron chi connectivity index (χ4n) is 2.54. The maximum Gasteiger partial charge on any atom is 0.154 e. The Balaban J connectivity index is 2.16. The molecule has 0 aliphatic heterocycles. The van der Waals surface area contributed by atoms with E-state index >= 15 is 0 Å². The zero-order valence-electron chi connectivity index (χ0n) is 12.6. The molecule has 2 rings (SSSR count). The van der Waals surface area contributed by atoms with E-state index in [0.717, 1.165) is 23.5 Å². The van der Waals surface area contributed by atoms with Crippen molar-refractivity contribution >= 4 is 9.84 Å². The first-order valence-electron chi connectivity index (χ1n) is 7.01. The average molecular weight is 297 g/mol. The van der Waals surface area contributed by atoms with Gasteiger partial charge in [-0.05, 0) is 38.2 Å². The van der Waals surface area contributed by atoms with E-state index in [9.17, 15) is 8.42 Å². The Morgan fingerprint density at radius 2 is 1.80 bits per heavy atom. The number of rotatable bonds is 6. The minimum Gasteiger partial charge on any atom is -0.313 e. The molecular weight excluding hydrogens is 274 g/mol. The molecule has 1 saturated carbocycles. The van der Waals surface area contributed by atoms with Crippen LogP contribution >= 0.6 is 0 Å². The first-order chi connectivity index (χ1) is 9.26. The number of sulfone groups is 1. The third kappa shape index (κ3) is 4.24. The Hall–Kier alpha value is -1.01. The molecule has 0 saturated heterocycles. The molecule has 1 heterocycles. The molecule has 1 unspecified atom stereocenters. The van der Waals surface area contributed by atoms with Gasteiger partial charge < -0.3 is 5.32 Å². The van der Waals surface area contributed by atoms with Gasteiger partial charge in [-0.25, -0.2) is 18.4 Å². The summed E-state index contributed by atoms with van der Waals surface area (Å²) in [6.07, 6.45) is 3.75. The molecule has 1 fully saturated rings. The molecule has 1 aliphatic rings. The number of hydrogen-bond acceptors (Lipinski definition) is 5. The third-order valence-electron chi connectivity index (χ3n) is 3.55. The van der Waals surface area contributed by atoms with Gasteiger partial charge in [0.25, 0.3) is 0 Å². The highest BCUT2D eigenvalue weighted by molar-refractivity contribution is 7.89. The molecule has 0 bridgehead atoms. The minimum absolute atomic E-state index is 0.0936. The van der Waals surface area contributed by atoms with E-state index in [4.69, 9.17) is 0 Å². The van der Waals surface area contributed by atoms with Crippen molar-refractivity contribution in [2.24, 2.45) is 0 Å². The summed E-state index contributed by atoms with van der Waals surface area (Å²) in [5, 5.41) is 3.51. The lowest BCUT2D eigenvalue weighted by atomic mass is 9.98. The normalized spacial score (nSPS) is 17.2. The molecule has 1 aromatic heterocycles. The fraction of sp³-hybridized carbons (Fsp3) is 0.714. The summed E-state index contributed by atoms with van der Waals surface area (Å²) < 4.78 is 22.7. The van der Waals surface area contributed by atoms with E-state index in [0.29, 0.717) is 17.8 Å². The number of hydrogen-bond donors (Lipinski definition) is 1. The SMILES string of the molecule is Cc1nc(CS(C)(=O)=O)nc(C)c1C(C)CNC1CC1. The smallest absolute Gasteiger partial charge is 0.154 e. The van der Waals surface area contributed by atoms with Crippen LogP contribution in [0.3, 0.4) is 0 Å². The highest BCUT2D eigenvalue weighted by atomic mass is 32.2. The first kappa shape index (κ1) is 15.4. The van der Waals surface area contributed by atoms with Gasteiger partial charge in [0, 0.05) is 30.2 Å². The molecule has 0 amide bonds. The average Bonchev–Trinajstić information content (AvgIpc) is 3.06. The Morgan fingerprint density at radius 1 is 1.25 bits per heavy atom. The lowest BCUT2D eigenvalue weighted by molar-refractivity contribution is 0.596. The highest BCUT2D eigenvalue weighted by Crippen LogP contribution is 2.24. The molecule has 0 radical (unpaired) electrons. The van der Waals surface area contributed by atoms with Gasteiger partial charge in [0.1, 0.15) is 11.6 Å². The molecule has 5 nitrogen and oxygen atoms in total. The number of aryl methyl sites for hydroxylation is 2. The second-order valence-corrected chi connectivity index (χ2v) is 8.02. The van der Waals surface area contributed by atoms with Crippen LogP contribution < -0.4 is 5.32 Å². The van der Waals surface area contributed by atoms with Gasteiger partial charge in [-0.15, -0.1) is 0 Å². The number of aromatic nitrogens is 2. The Kier molecular flexibility index (Phi) is 4.44. The zero-order chi connectivity index (χ0) is 14.9. The summed E-state index contributed by atoms with van der Waals surface area (Å²) in [4.78, 5) is 8.73. The number of nitrogens with one attached hydrogen (secondary N) is 1. The molecule has 20 heavy (non-hydrogen) atoms. The van der Waals surface area contributed by atoms with Crippen molar-refractivity contribution < 1.29 is 8.42 Å². The van der Waals surface area contributed by atoms with E-state index < -0.39 is 9.84 Å². The predicted molar refractivity (Wildman–Crippen MR) is 79.5 cm³/mol. The Bertz CT molecular complexity index is 571. The van der Waals surface area contributed by atoms with Crippen molar-refractivity contribution in [3.8, 4) is 0 Å². The van der Waals surface area contributed by atoms with Gasteiger partial charge in [-0.2, -0.15) is 0 Å². The van der Waals surface area contributed by atoms with Crippen LogP contribution in [0.4, 0.5) is 0 Å². The zero-order valence-corrected chi connectivity index (χ0v) is 13.4. The van der Waals surface area contributed by atoms with Gasteiger partial charge in [0.2, 0.25) is 0 Å². The minimum atomic E-state index is -3.09. The molecule has 0 spiro atoms. The Morgan fingerprint density at radius 3 is 2.25 bits per heavy atom. The second-order valence-electron chi connectivity index (χ2n) is 5.88. The summed E-state index contributed by atoms with van der Waals surface area (Å²) >= 11 is 0. The van der Waals surface area contributed by atoms with Crippen LogP contribution in [0.2, 0.25) is 0 Å². The van der Waals surface area contributed by atoms with Crippen LogP contribution in [0.25, 0.3) is 0 Å². The van der Waals surface area contributed by atoms with E-state index in [1.165, 1.54) is 19.1 Å². The van der Waals surface area contributed by atoms with Crippen LogP contribution in [0.5, 0.6) is 0 Å². The van der Waals surface area contributed by atoms with Gasteiger partial charge in [0.15, 0.2) is 9.84 Å². The molecule has 1 N–H and O–H groups in total. The van der Waals surface area contributed by atoms with Crippen molar-refractivity contribution in [1.29, 1.82) is 0 Å². The number of nitrogens with zero attached hydrogens (tertiary/aromatic N) is 2. The molecule has 0 aromatic carbocycles. The summed E-state index contributed by atoms with van der Waals surface area (Å²) in [5.41, 5.74) is 2.91. The van der Waals surface area contributed by atoms with E-state index in [1.54, 1.807) is 0 Å². The Labute approximate surface area is 121 Å². The lowest BCUT2D eigenvalue weighted by Crippen LogP contribution is -2.23. The molecule has 1 aliphatic carbocycles. The highest BCUT2D eigenvalue weighted by Gasteiger charge is 2.23. The topological polar surface area (TPSA) is 72.0 Å². The van der Waals surface area contributed by atoms with E-state index in [-0.39, 0.29) is 5.75 Å². The molecule has 6 heteroatoms. The van der Waals surface area contributed by atoms with E-state index in [1.807, 2.05) is 13.8 Å². The maximum atomic E-state index is 11.3. The summed E-state index contributed by atoms with van der Waals surface area (Å²) in [5.74, 6) is 0.639. The van der Waals surface area contributed by atoms with Crippen molar-refractivity contribution in [2.45, 2.75) is 51.3 Å². The summed E-state index contributed by atoms with van der Waals surface area (Å²) in [6, 6.07) is 0.684. The lowest BCUT2D eigenvalue weighted by Gasteiger charge is -2.17. The van der Waals surface area contributed by atoms with Crippen molar-refractivity contribution in [2.75, 3.05) is 12.8 Å². The van der Waals surface area contributed by atoms with Crippen molar-refractivity contribution in [3.05, 3.63) is 22.8 Å². The van der Waals surface area contributed by atoms with Crippen LogP contribution in [0.15, 0.2) is 0 Å². The standard InChI is InChI=1S/C14H23N3O2S/c1-9(7-15-12-5-6-12)14-10(2)16-13(17-11(14)3)8-20(4,18)19/h9,12,15H,5-8H2,1-4H3. The third-order valence-corrected chi connectivity index (χ3v) is 4.33. The van der Waals surface area contributed by atoms with Crippen LogP contribution in [0.1, 0.15) is 48.5 Å². The van der Waals surface area contributed by atoms with E-state index in [2.05, 4.69) is 22.2 Å². The summed E-state index contributed by atoms with van der Waals surface area (Å²) in [6.45, 7) is 6.94. The van der Waals surface area contributed by atoms with Gasteiger partial charge in [-0.3, -0.25) is 0 Å². The molecule has 112 valence electrons. The van der Waals surface area contributed by atoms with Gasteiger partial charge >= 0.3 is 0 Å². The molecular formula is C14H23N3O2S. The van der Waals surface area contributed by atoms with Crippen molar-refractivity contribution in [1.82, 2.24) is 15.3 Å². The quantitative estimate of drug-likeness (QED) is 0.861. The molecule has 1 aromatic rings. The molecule has 1 atom stereocenters. The van der Waals surface area contributed by atoms with Crippen LogP contribution in [-0.2, 0) is 15.6 Å². The monoisotopic (exact) mass is 297 g/mol. The van der Waals surface area contributed by atoms with Gasteiger partial charge in [0.05, 0.1) is 0 Å². The fourth-order valence-corrected chi connectivity index (χ4v) is 3.14.